The van der Waals surface area contributed by atoms with E-state index in [1.165, 1.54) is 12.3 Å². The molecule has 33 heavy (non-hydrogen) atoms. The lowest BCUT2D eigenvalue weighted by Crippen LogP contribution is -2.33. The zero-order valence-corrected chi connectivity index (χ0v) is 17.9. The van der Waals surface area contributed by atoms with Crippen LogP contribution in [0.25, 0.3) is 10.6 Å². The molecule has 3 N–H and O–H groups in total. The summed E-state index contributed by atoms with van der Waals surface area (Å²) < 4.78 is 13.9. The zero-order chi connectivity index (χ0) is 23.4. The van der Waals surface area contributed by atoms with Crippen LogP contribution in [0.1, 0.15) is 16.1 Å². The van der Waals surface area contributed by atoms with E-state index in [4.69, 9.17) is 0 Å². The van der Waals surface area contributed by atoms with Crippen LogP contribution in [0.3, 0.4) is 0 Å². The van der Waals surface area contributed by atoms with Gasteiger partial charge in [0.05, 0.1) is 12.7 Å². The molecule has 3 aromatic rings. The van der Waals surface area contributed by atoms with Crippen LogP contribution in [0.15, 0.2) is 54.7 Å². The Bertz CT molecular complexity index is 1210. The monoisotopic (exact) mass is 467 g/mol. The van der Waals surface area contributed by atoms with Crippen molar-refractivity contribution in [3.63, 3.8) is 0 Å². The average Bonchev–Trinajstić information content (AvgIpc) is 3.41. The van der Waals surface area contributed by atoms with E-state index in [0.29, 0.717) is 26.8 Å². The number of nitrogens with zero attached hydrogens (tertiary/aromatic N) is 2. The van der Waals surface area contributed by atoms with Crippen molar-refractivity contribution in [1.29, 1.82) is 0 Å². The largest absolute Gasteiger partial charge is 0.329 e. The number of halogens is 1. The molecule has 0 atom stereocenters. The van der Waals surface area contributed by atoms with E-state index in [0.717, 1.165) is 16.2 Å². The second kappa shape index (κ2) is 9.57. The predicted molar refractivity (Wildman–Crippen MR) is 120 cm³/mol. The normalized spacial score (nSPS) is 13.1. The van der Waals surface area contributed by atoms with Gasteiger partial charge < -0.3 is 16.0 Å². The molecule has 1 saturated heterocycles. The van der Waals surface area contributed by atoms with E-state index >= 15 is 0 Å². The molecule has 0 spiro atoms. The number of aromatic nitrogens is 1. The molecule has 0 saturated carbocycles. The molecule has 0 bridgehead atoms. The summed E-state index contributed by atoms with van der Waals surface area (Å²) in [6.07, 6.45) is 1.36. The molecule has 5 amide bonds. The summed E-state index contributed by atoms with van der Waals surface area (Å²) in [4.78, 5) is 53.1. The Labute approximate surface area is 191 Å². The van der Waals surface area contributed by atoms with Gasteiger partial charge in [0.25, 0.3) is 5.91 Å². The van der Waals surface area contributed by atoms with Gasteiger partial charge in [0, 0.05) is 29.9 Å². The molecule has 168 valence electrons. The number of thiazole rings is 1. The second-order valence-electron chi connectivity index (χ2n) is 7.04. The number of anilines is 2. The molecule has 1 aromatic heterocycles. The van der Waals surface area contributed by atoms with Crippen molar-refractivity contribution in [3.8, 4) is 10.6 Å². The number of rotatable bonds is 7. The molecule has 11 heteroatoms. The molecule has 2 aromatic carbocycles. The van der Waals surface area contributed by atoms with Gasteiger partial charge in [-0.25, -0.2) is 14.2 Å². The summed E-state index contributed by atoms with van der Waals surface area (Å²) in [6.45, 7) is -0.0615. The van der Waals surface area contributed by atoms with E-state index in [-0.39, 0.29) is 37.2 Å². The summed E-state index contributed by atoms with van der Waals surface area (Å²) in [5.41, 5.74) is 1.32. The molecule has 2 heterocycles. The van der Waals surface area contributed by atoms with Crippen molar-refractivity contribution >= 4 is 46.5 Å². The topological polar surface area (TPSA) is 121 Å². The minimum Gasteiger partial charge on any atom is -0.329 e. The number of nitrogens with one attached hydrogen (secondary N) is 3. The fourth-order valence-electron chi connectivity index (χ4n) is 3.09. The molecule has 9 nitrogen and oxygen atoms in total. The standard InChI is InChI=1S/C22H18FN5O4S/c23-16-4-2-1-3-15(16)21-24-11-17(33-21)20(31)27-14-7-5-13(6-8-14)26-18(29)9-10-28-19(30)12-25-22(28)32/h1-8,11H,9-10,12H2,(H,25,32)(H,26,29)(H,27,31). The first kappa shape index (κ1) is 22.1. The maximum Gasteiger partial charge on any atom is 0.324 e. The fraction of sp³-hybridized carbons (Fsp3) is 0.136. The molecule has 0 unspecified atom stereocenters. The molecule has 1 aliphatic rings. The predicted octanol–water partition coefficient (Wildman–Crippen LogP) is 3.08. The van der Waals surface area contributed by atoms with Crippen LogP contribution in [0.5, 0.6) is 0 Å². The van der Waals surface area contributed by atoms with Crippen molar-refractivity contribution in [2.45, 2.75) is 6.42 Å². The summed E-state index contributed by atoms with van der Waals surface area (Å²) in [6, 6.07) is 12.2. The van der Waals surface area contributed by atoms with Crippen LogP contribution in [0.2, 0.25) is 0 Å². The van der Waals surface area contributed by atoms with E-state index < -0.39 is 11.8 Å². The molecule has 1 aliphatic heterocycles. The summed E-state index contributed by atoms with van der Waals surface area (Å²) in [7, 11) is 0. The van der Waals surface area contributed by atoms with Gasteiger partial charge in [-0.1, -0.05) is 12.1 Å². The van der Waals surface area contributed by atoms with Crippen molar-refractivity contribution in [1.82, 2.24) is 15.2 Å². The Morgan fingerprint density at radius 3 is 2.42 bits per heavy atom. The zero-order valence-electron chi connectivity index (χ0n) is 17.1. The van der Waals surface area contributed by atoms with Gasteiger partial charge in [0.15, 0.2) is 0 Å². The molecular weight excluding hydrogens is 449 g/mol. The average molecular weight is 467 g/mol. The Kier molecular flexibility index (Phi) is 6.41. The first-order chi connectivity index (χ1) is 15.9. The van der Waals surface area contributed by atoms with Crippen LogP contribution in [0, 0.1) is 5.82 Å². The van der Waals surface area contributed by atoms with Gasteiger partial charge in [0.2, 0.25) is 11.8 Å². The number of carbonyl (C=O) groups excluding carboxylic acids is 4. The highest BCUT2D eigenvalue weighted by Gasteiger charge is 2.28. The third kappa shape index (κ3) is 5.21. The van der Waals surface area contributed by atoms with E-state index in [2.05, 4.69) is 20.9 Å². The lowest BCUT2D eigenvalue weighted by atomic mass is 10.2. The van der Waals surface area contributed by atoms with E-state index in [1.54, 1.807) is 42.5 Å². The van der Waals surface area contributed by atoms with E-state index in [9.17, 15) is 23.6 Å². The minimum atomic E-state index is -0.505. The van der Waals surface area contributed by atoms with Crippen molar-refractivity contribution in [3.05, 3.63) is 65.4 Å². The van der Waals surface area contributed by atoms with Gasteiger partial charge >= 0.3 is 6.03 Å². The first-order valence-electron chi connectivity index (χ1n) is 9.91. The molecule has 0 aliphatic carbocycles. The maximum atomic E-state index is 13.9. The van der Waals surface area contributed by atoms with E-state index in [1.807, 2.05) is 0 Å². The second-order valence-corrected chi connectivity index (χ2v) is 8.07. The van der Waals surface area contributed by atoms with Gasteiger partial charge in [0.1, 0.15) is 15.7 Å². The number of hydrogen-bond acceptors (Lipinski definition) is 6. The molecular formula is C22H18FN5O4S. The van der Waals surface area contributed by atoms with Crippen LogP contribution in [0.4, 0.5) is 20.6 Å². The highest BCUT2D eigenvalue weighted by molar-refractivity contribution is 7.17. The summed E-state index contributed by atoms with van der Waals surface area (Å²) >= 11 is 1.08. The lowest BCUT2D eigenvalue weighted by molar-refractivity contribution is -0.125. The van der Waals surface area contributed by atoms with Crippen molar-refractivity contribution in [2.24, 2.45) is 0 Å². The van der Waals surface area contributed by atoms with Gasteiger partial charge in [-0.3, -0.25) is 19.3 Å². The quantitative estimate of drug-likeness (QED) is 0.461. The number of urea groups is 1. The lowest BCUT2D eigenvalue weighted by Gasteiger charge is -2.12. The first-order valence-corrected chi connectivity index (χ1v) is 10.7. The fourth-order valence-corrected chi connectivity index (χ4v) is 3.92. The SMILES string of the molecule is O=C(CCN1C(=O)CNC1=O)Nc1ccc(NC(=O)c2cnc(-c3ccccc3F)s2)cc1. The van der Waals surface area contributed by atoms with Gasteiger partial charge in [-0.2, -0.15) is 0 Å². The maximum absolute atomic E-state index is 13.9. The molecule has 4 rings (SSSR count). The van der Waals surface area contributed by atoms with Crippen molar-refractivity contribution < 1.29 is 23.6 Å². The Balaban J connectivity index is 1.31. The number of amides is 5. The van der Waals surface area contributed by atoms with Crippen LogP contribution in [-0.2, 0) is 9.59 Å². The number of carbonyl (C=O) groups is 4. The van der Waals surface area contributed by atoms with Crippen LogP contribution < -0.4 is 16.0 Å². The van der Waals surface area contributed by atoms with Crippen LogP contribution in [-0.4, -0.2) is 46.7 Å². The summed E-state index contributed by atoms with van der Waals surface area (Å²) in [5, 5.41) is 8.19. The number of benzene rings is 2. The molecule has 1 fully saturated rings. The highest BCUT2D eigenvalue weighted by atomic mass is 32.1. The Morgan fingerprint density at radius 2 is 1.76 bits per heavy atom. The van der Waals surface area contributed by atoms with Gasteiger partial charge in [-0.15, -0.1) is 11.3 Å². The Morgan fingerprint density at radius 1 is 1.06 bits per heavy atom. The highest BCUT2D eigenvalue weighted by Crippen LogP contribution is 2.28. The van der Waals surface area contributed by atoms with Gasteiger partial charge in [-0.05, 0) is 36.4 Å². The number of hydrogen-bond donors (Lipinski definition) is 3. The minimum absolute atomic E-state index is 0.00560. The van der Waals surface area contributed by atoms with Crippen LogP contribution >= 0.6 is 11.3 Å². The Hall–Kier alpha value is -4.12. The third-order valence-electron chi connectivity index (χ3n) is 4.76. The molecule has 0 radical (unpaired) electrons. The smallest absolute Gasteiger partial charge is 0.324 e. The third-order valence-corrected chi connectivity index (χ3v) is 5.79. The van der Waals surface area contributed by atoms with Crippen molar-refractivity contribution in [2.75, 3.05) is 23.7 Å². The summed E-state index contributed by atoms with van der Waals surface area (Å²) in [5.74, 6) is -1.52. The number of imide groups is 1.